The van der Waals surface area contributed by atoms with Crippen LogP contribution in [0.2, 0.25) is 5.02 Å². The van der Waals surface area contributed by atoms with Gasteiger partial charge in [-0.05, 0) is 24.6 Å². The molecular weight excluding hydrogens is 338 g/mol. The van der Waals surface area contributed by atoms with E-state index in [2.05, 4.69) is 22.9 Å². The molecule has 0 aliphatic carbocycles. The third kappa shape index (κ3) is 3.94. The van der Waals surface area contributed by atoms with Crippen molar-refractivity contribution in [1.82, 2.24) is 14.8 Å². The topological polar surface area (TPSA) is 45.7 Å². The van der Waals surface area contributed by atoms with Gasteiger partial charge in [0.05, 0.1) is 12.7 Å². The van der Waals surface area contributed by atoms with E-state index in [1.807, 2.05) is 23.1 Å². The van der Waals surface area contributed by atoms with Gasteiger partial charge >= 0.3 is 0 Å². The second kappa shape index (κ2) is 7.85. The fourth-order valence-corrected chi connectivity index (χ4v) is 3.43. The van der Waals surface area contributed by atoms with Crippen molar-refractivity contribution in [3.63, 3.8) is 0 Å². The molecule has 1 atom stereocenters. The number of methoxy groups -OCH3 is 1. The van der Waals surface area contributed by atoms with E-state index < -0.39 is 0 Å². The molecule has 1 aliphatic heterocycles. The Hall–Kier alpha value is -2.11. The van der Waals surface area contributed by atoms with Crippen molar-refractivity contribution in [2.24, 2.45) is 0 Å². The molecule has 0 radical (unpaired) electrons. The molecule has 1 unspecified atom stereocenters. The van der Waals surface area contributed by atoms with Crippen LogP contribution in [0.5, 0.6) is 5.88 Å². The summed E-state index contributed by atoms with van der Waals surface area (Å²) in [6.45, 7) is 5.19. The van der Waals surface area contributed by atoms with E-state index in [4.69, 9.17) is 16.3 Å². The summed E-state index contributed by atoms with van der Waals surface area (Å²) in [6, 6.07) is 11.6. The SMILES string of the molecule is COc1ccc(C(=O)N2CCN(C(C)c3ccccc3Cl)CC2)cn1. The molecule has 1 fully saturated rings. The second-order valence-electron chi connectivity index (χ2n) is 6.11. The summed E-state index contributed by atoms with van der Waals surface area (Å²) in [4.78, 5) is 20.9. The van der Waals surface area contributed by atoms with Crippen molar-refractivity contribution >= 4 is 17.5 Å². The van der Waals surface area contributed by atoms with Gasteiger partial charge < -0.3 is 9.64 Å². The monoisotopic (exact) mass is 359 g/mol. The quantitative estimate of drug-likeness (QED) is 0.840. The average Bonchev–Trinajstić information content (AvgIpc) is 2.67. The number of carbonyl (C=O) groups excluding carboxylic acids is 1. The Kier molecular flexibility index (Phi) is 5.56. The van der Waals surface area contributed by atoms with Crippen LogP contribution in [0.1, 0.15) is 28.9 Å². The summed E-state index contributed by atoms with van der Waals surface area (Å²) in [5.41, 5.74) is 1.72. The van der Waals surface area contributed by atoms with Crippen molar-refractivity contribution in [2.45, 2.75) is 13.0 Å². The van der Waals surface area contributed by atoms with E-state index in [1.54, 1.807) is 25.4 Å². The van der Waals surface area contributed by atoms with Crippen LogP contribution in [0.15, 0.2) is 42.6 Å². The van der Waals surface area contributed by atoms with Crippen LogP contribution >= 0.6 is 11.6 Å². The maximum atomic E-state index is 12.6. The number of benzene rings is 1. The molecule has 2 heterocycles. The first kappa shape index (κ1) is 17.7. The Morgan fingerprint density at radius 1 is 1.16 bits per heavy atom. The van der Waals surface area contributed by atoms with Crippen LogP contribution in [0.3, 0.4) is 0 Å². The van der Waals surface area contributed by atoms with E-state index >= 15 is 0 Å². The van der Waals surface area contributed by atoms with E-state index in [9.17, 15) is 4.79 Å². The molecule has 0 N–H and O–H groups in total. The average molecular weight is 360 g/mol. The summed E-state index contributed by atoms with van der Waals surface area (Å²) >= 11 is 6.31. The fourth-order valence-electron chi connectivity index (χ4n) is 3.13. The van der Waals surface area contributed by atoms with Gasteiger partial charge in [0.25, 0.3) is 5.91 Å². The van der Waals surface area contributed by atoms with Gasteiger partial charge in [-0.3, -0.25) is 9.69 Å². The van der Waals surface area contributed by atoms with E-state index in [-0.39, 0.29) is 11.9 Å². The molecule has 1 aliphatic rings. The fraction of sp³-hybridized carbons (Fsp3) is 0.368. The Labute approximate surface area is 153 Å². The van der Waals surface area contributed by atoms with Gasteiger partial charge in [0, 0.05) is 49.5 Å². The molecule has 0 spiro atoms. The van der Waals surface area contributed by atoms with Gasteiger partial charge in [-0.1, -0.05) is 29.8 Å². The van der Waals surface area contributed by atoms with Crippen molar-refractivity contribution in [3.05, 3.63) is 58.7 Å². The van der Waals surface area contributed by atoms with Crippen LogP contribution < -0.4 is 4.74 Å². The number of halogens is 1. The smallest absolute Gasteiger partial charge is 0.255 e. The molecular formula is C19H22ClN3O2. The number of ether oxygens (including phenoxy) is 1. The van der Waals surface area contributed by atoms with Crippen molar-refractivity contribution in [1.29, 1.82) is 0 Å². The van der Waals surface area contributed by atoms with Crippen molar-refractivity contribution in [2.75, 3.05) is 33.3 Å². The molecule has 1 saturated heterocycles. The van der Waals surface area contributed by atoms with Gasteiger partial charge in [0.1, 0.15) is 0 Å². The molecule has 1 amide bonds. The first-order chi connectivity index (χ1) is 12.1. The lowest BCUT2D eigenvalue weighted by Gasteiger charge is -2.38. The van der Waals surface area contributed by atoms with E-state index in [0.29, 0.717) is 24.5 Å². The molecule has 3 rings (SSSR count). The van der Waals surface area contributed by atoms with Gasteiger partial charge in [0.15, 0.2) is 0 Å². The molecule has 1 aromatic heterocycles. The number of hydrogen-bond acceptors (Lipinski definition) is 4. The highest BCUT2D eigenvalue weighted by Crippen LogP contribution is 2.28. The van der Waals surface area contributed by atoms with E-state index in [0.717, 1.165) is 23.7 Å². The number of rotatable bonds is 4. The molecule has 0 saturated carbocycles. The van der Waals surface area contributed by atoms with Crippen LogP contribution in [-0.4, -0.2) is 54.0 Å². The molecule has 132 valence electrons. The highest BCUT2D eigenvalue weighted by Gasteiger charge is 2.26. The van der Waals surface area contributed by atoms with Crippen LogP contribution in [0.4, 0.5) is 0 Å². The summed E-state index contributed by atoms with van der Waals surface area (Å²) in [5, 5.41) is 0.790. The maximum Gasteiger partial charge on any atom is 0.255 e. The standard InChI is InChI=1S/C19H22ClN3O2/c1-14(16-5-3-4-6-17(16)20)22-9-11-23(12-10-22)19(24)15-7-8-18(25-2)21-13-15/h3-8,13-14H,9-12H2,1-2H3. The van der Waals surface area contributed by atoms with Gasteiger partial charge in [-0.15, -0.1) is 0 Å². The van der Waals surface area contributed by atoms with Gasteiger partial charge in [-0.2, -0.15) is 0 Å². The van der Waals surface area contributed by atoms with Crippen LogP contribution in [0, 0.1) is 0 Å². The number of amides is 1. The zero-order valence-corrected chi connectivity index (χ0v) is 15.2. The highest BCUT2D eigenvalue weighted by atomic mass is 35.5. The number of nitrogens with zero attached hydrogens (tertiary/aromatic N) is 3. The predicted octanol–water partition coefficient (Wildman–Crippen LogP) is 3.26. The van der Waals surface area contributed by atoms with Crippen molar-refractivity contribution < 1.29 is 9.53 Å². The minimum absolute atomic E-state index is 0.0141. The van der Waals surface area contributed by atoms with Crippen LogP contribution in [-0.2, 0) is 0 Å². The Balaban J connectivity index is 1.61. The first-order valence-corrected chi connectivity index (χ1v) is 8.75. The third-order valence-corrected chi connectivity index (χ3v) is 5.04. The normalized spacial score (nSPS) is 16.5. The zero-order chi connectivity index (χ0) is 17.8. The Morgan fingerprint density at radius 3 is 2.48 bits per heavy atom. The van der Waals surface area contributed by atoms with E-state index in [1.165, 1.54) is 0 Å². The number of carbonyl (C=O) groups is 1. The number of hydrogen-bond donors (Lipinski definition) is 0. The number of pyridine rings is 1. The van der Waals surface area contributed by atoms with Gasteiger partial charge in [0.2, 0.25) is 5.88 Å². The molecule has 25 heavy (non-hydrogen) atoms. The number of piperazine rings is 1. The summed E-state index contributed by atoms with van der Waals surface area (Å²) in [5.74, 6) is 0.523. The largest absolute Gasteiger partial charge is 0.481 e. The minimum atomic E-state index is 0.0141. The summed E-state index contributed by atoms with van der Waals surface area (Å²) in [6.07, 6.45) is 1.57. The van der Waals surface area contributed by atoms with Gasteiger partial charge in [-0.25, -0.2) is 4.98 Å². The van der Waals surface area contributed by atoms with Crippen molar-refractivity contribution in [3.8, 4) is 5.88 Å². The lowest BCUT2D eigenvalue weighted by Crippen LogP contribution is -2.49. The highest BCUT2D eigenvalue weighted by molar-refractivity contribution is 6.31. The second-order valence-corrected chi connectivity index (χ2v) is 6.52. The van der Waals surface area contributed by atoms with Crippen LogP contribution in [0.25, 0.3) is 0 Å². The summed E-state index contributed by atoms with van der Waals surface area (Å²) < 4.78 is 5.03. The third-order valence-electron chi connectivity index (χ3n) is 4.70. The first-order valence-electron chi connectivity index (χ1n) is 8.38. The summed E-state index contributed by atoms with van der Waals surface area (Å²) in [7, 11) is 1.56. The zero-order valence-electron chi connectivity index (χ0n) is 14.5. The predicted molar refractivity (Wildman–Crippen MR) is 98.1 cm³/mol. The molecule has 1 aromatic carbocycles. The molecule has 2 aromatic rings. The lowest BCUT2D eigenvalue weighted by molar-refractivity contribution is 0.0581. The maximum absolute atomic E-state index is 12.6. The number of aromatic nitrogens is 1. The molecule has 0 bridgehead atoms. The lowest BCUT2D eigenvalue weighted by atomic mass is 10.1. The Morgan fingerprint density at radius 2 is 1.88 bits per heavy atom. The molecule has 5 nitrogen and oxygen atoms in total. The molecule has 6 heteroatoms. The minimum Gasteiger partial charge on any atom is -0.481 e. The Bertz CT molecular complexity index is 728.